The van der Waals surface area contributed by atoms with Crippen LogP contribution in [0.25, 0.3) is 65.3 Å². The molecule has 42 heavy (non-hydrogen) atoms. The molecule has 0 aromatic heterocycles. The first kappa shape index (κ1) is 22.3. The third-order valence-electron chi connectivity index (χ3n) is 9.51. The number of fused-ring (bicyclic) bond motifs is 15. The SMILES string of the molecule is c1ccc2cc3c(cc2c1)-c1cc2ccccc2cc1N1c2cc4ccccc4cc2-c2cc4ccccc4cc2C31. The molecule has 0 amide bonds. The second kappa shape index (κ2) is 8.09. The second-order valence-corrected chi connectivity index (χ2v) is 11.8. The monoisotopic (exact) mass is 531 g/mol. The lowest BCUT2D eigenvalue weighted by atomic mass is 9.76. The second-order valence-electron chi connectivity index (χ2n) is 11.8. The van der Waals surface area contributed by atoms with Gasteiger partial charge in [-0.15, -0.1) is 0 Å². The molecule has 194 valence electrons. The van der Waals surface area contributed by atoms with Gasteiger partial charge in [-0.3, -0.25) is 0 Å². The molecule has 0 N–H and O–H groups in total. The van der Waals surface area contributed by atoms with Crippen molar-refractivity contribution in [3.05, 3.63) is 157 Å². The first-order valence-electron chi connectivity index (χ1n) is 14.7. The maximum Gasteiger partial charge on any atom is 0.0857 e. The number of hydrogen-bond acceptors (Lipinski definition) is 1. The van der Waals surface area contributed by atoms with Gasteiger partial charge < -0.3 is 4.90 Å². The molecule has 2 heterocycles. The Hall–Kier alpha value is -5.40. The van der Waals surface area contributed by atoms with Crippen LogP contribution >= 0.6 is 0 Å². The molecule has 1 nitrogen and oxygen atoms in total. The highest BCUT2D eigenvalue weighted by Crippen LogP contribution is 2.59. The van der Waals surface area contributed by atoms with Gasteiger partial charge in [0.2, 0.25) is 0 Å². The predicted molar refractivity (Wildman–Crippen MR) is 178 cm³/mol. The highest BCUT2D eigenvalue weighted by molar-refractivity contribution is 6.08. The first-order chi connectivity index (χ1) is 20.8. The van der Waals surface area contributed by atoms with E-state index in [1.165, 1.54) is 87.8 Å². The minimum atomic E-state index is 0.0616. The average Bonchev–Trinajstić information content (AvgIpc) is 3.05. The summed E-state index contributed by atoms with van der Waals surface area (Å²) in [5.74, 6) is 0. The molecule has 0 fully saturated rings. The molecular weight excluding hydrogens is 506 g/mol. The standard InChI is InChI=1S/C41H25N/c1-3-13-29-21-37-33(17-25(29)9-1)35-19-27-11-5-7-15-31(27)23-39(35)42-40-24-32-16-8-6-12-28(32)20-36(40)34-18-26-10-2-4-14-30(26)22-38(34)41(37)42/h1-24,41H. The molecule has 0 saturated heterocycles. The van der Waals surface area contributed by atoms with E-state index in [0.29, 0.717) is 0 Å². The minimum Gasteiger partial charge on any atom is -0.329 e. The van der Waals surface area contributed by atoms with Crippen LogP contribution in [-0.4, -0.2) is 0 Å². The molecule has 1 heteroatoms. The molecule has 0 atom stereocenters. The Morgan fingerprint density at radius 2 is 0.595 bits per heavy atom. The zero-order chi connectivity index (χ0) is 27.4. The van der Waals surface area contributed by atoms with Crippen molar-refractivity contribution >= 4 is 54.5 Å². The molecule has 0 bridgehead atoms. The van der Waals surface area contributed by atoms with Crippen LogP contribution in [0.4, 0.5) is 11.4 Å². The maximum absolute atomic E-state index is 2.64. The Morgan fingerprint density at radius 3 is 0.952 bits per heavy atom. The first-order valence-corrected chi connectivity index (χ1v) is 14.7. The van der Waals surface area contributed by atoms with Crippen molar-refractivity contribution in [2.24, 2.45) is 0 Å². The molecule has 0 aliphatic carbocycles. The maximum atomic E-state index is 2.64. The van der Waals surface area contributed by atoms with Gasteiger partial charge in [0.05, 0.1) is 17.4 Å². The number of rotatable bonds is 0. The summed E-state index contributed by atoms with van der Waals surface area (Å²) in [6.45, 7) is 0. The summed E-state index contributed by atoms with van der Waals surface area (Å²) in [5, 5.41) is 10.2. The van der Waals surface area contributed by atoms with Crippen molar-refractivity contribution in [1.82, 2.24) is 0 Å². The molecule has 10 rings (SSSR count). The predicted octanol–water partition coefficient (Wildman–Crippen LogP) is 11.2. The Kier molecular flexibility index (Phi) is 4.29. The van der Waals surface area contributed by atoms with E-state index in [9.17, 15) is 0 Å². The third kappa shape index (κ3) is 2.97. The highest BCUT2D eigenvalue weighted by atomic mass is 15.2. The quantitative estimate of drug-likeness (QED) is 0.188. The summed E-state index contributed by atoms with van der Waals surface area (Å²) < 4.78 is 0. The van der Waals surface area contributed by atoms with Crippen LogP contribution in [0.5, 0.6) is 0 Å². The van der Waals surface area contributed by atoms with Crippen molar-refractivity contribution in [2.75, 3.05) is 4.90 Å². The average molecular weight is 532 g/mol. The zero-order valence-corrected chi connectivity index (χ0v) is 22.9. The van der Waals surface area contributed by atoms with Crippen LogP contribution in [0.1, 0.15) is 17.2 Å². The molecule has 0 unspecified atom stereocenters. The van der Waals surface area contributed by atoms with Gasteiger partial charge in [0.15, 0.2) is 0 Å². The van der Waals surface area contributed by atoms with E-state index in [4.69, 9.17) is 0 Å². The van der Waals surface area contributed by atoms with Gasteiger partial charge in [0.1, 0.15) is 0 Å². The van der Waals surface area contributed by atoms with Gasteiger partial charge in [0, 0.05) is 11.1 Å². The Bertz CT molecular complexity index is 2090. The smallest absolute Gasteiger partial charge is 0.0857 e. The van der Waals surface area contributed by atoms with E-state index >= 15 is 0 Å². The van der Waals surface area contributed by atoms with Gasteiger partial charge >= 0.3 is 0 Å². The van der Waals surface area contributed by atoms with Gasteiger partial charge in [0.25, 0.3) is 0 Å². The van der Waals surface area contributed by atoms with E-state index < -0.39 is 0 Å². The minimum absolute atomic E-state index is 0.0616. The fourth-order valence-electron chi connectivity index (χ4n) is 7.58. The van der Waals surface area contributed by atoms with Crippen LogP contribution in [-0.2, 0) is 0 Å². The summed E-state index contributed by atoms with van der Waals surface area (Å²) >= 11 is 0. The van der Waals surface area contributed by atoms with E-state index in [2.05, 4.69) is 150 Å². The van der Waals surface area contributed by atoms with Crippen molar-refractivity contribution in [2.45, 2.75) is 6.04 Å². The lowest BCUT2D eigenvalue weighted by molar-refractivity contribution is 0.807. The Balaban J connectivity index is 1.40. The number of hydrogen-bond donors (Lipinski definition) is 0. The van der Waals surface area contributed by atoms with Crippen molar-refractivity contribution < 1.29 is 0 Å². The topological polar surface area (TPSA) is 3.24 Å². The van der Waals surface area contributed by atoms with Crippen molar-refractivity contribution in [3.8, 4) is 22.3 Å². The van der Waals surface area contributed by atoms with Gasteiger partial charge in [-0.1, -0.05) is 97.1 Å². The molecule has 8 aromatic carbocycles. The van der Waals surface area contributed by atoms with Crippen LogP contribution in [0.2, 0.25) is 0 Å². The molecule has 0 spiro atoms. The lowest BCUT2D eigenvalue weighted by Crippen LogP contribution is -2.32. The van der Waals surface area contributed by atoms with Crippen LogP contribution in [0.15, 0.2) is 146 Å². The number of nitrogens with zero attached hydrogens (tertiary/aromatic N) is 1. The van der Waals surface area contributed by atoms with Crippen LogP contribution in [0.3, 0.4) is 0 Å². The number of anilines is 2. The summed E-state index contributed by atoms with van der Waals surface area (Å²) in [5.41, 5.74) is 10.5. The van der Waals surface area contributed by atoms with E-state index in [0.717, 1.165) is 0 Å². The number of benzene rings is 8. The van der Waals surface area contributed by atoms with E-state index in [1.54, 1.807) is 0 Å². The summed E-state index contributed by atoms with van der Waals surface area (Å²) in [6, 6.07) is 54.6. The van der Waals surface area contributed by atoms with Crippen LogP contribution in [0, 0.1) is 0 Å². The Morgan fingerprint density at radius 1 is 0.310 bits per heavy atom. The molecular formula is C41H25N. The molecule has 8 aromatic rings. The molecule has 2 aliphatic heterocycles. The Labute approximate surface area is 243 Å². The molecule has 2 aliphatic rings. The van der Waals surface area contributed by atoms with E-state index in [1.807, 2.05) is 0 Å². The molecule has 0 radical (unpaired) electrons. The third-order valence-corrected chi connectivity index (χ3v) is 9.51. The fourth-order valence-corrected chi connectivity index (χ4v) is 7.58. The normalized spacial score (nSPS) is 13.6. The molecule has 0 saturated carbocycles. The zero-order valence-electron chi connectivity index (χ0n) is 22.9. The summed E-state index contributed by atoms with van der Waals surface area (Å²) in [4.78, 5) is 2.64. The van der Waals surface area contributed by atoms with Crippen LogP contribution < -0.4 is 4.90 Å². The summed E-state index contributed by atoms with van der Waals surface area (Å²) in [6.07, 6.45) is 0. The lowest BCUT2D eigenvalue weighted by Gasteiger charge is -2.45. The van der Waals surface area contributed by atoms with Gasteiger partial charge in [-0.2, -0.15) is 0 Å². The van der Waals surface area contributed by atoms with E-state index in [-0.39, 0.29) is 6.04 Å². The van der Waals surface area contributed by atoms with Gasteiger partial charge in [-0.05, 0) is 114 Å². The van der Waals surface area contributed by atoms with Crippen molar-refractivity contribution in [3.63, 3.8) is 0 Å². The van der Waals surface area contributed by atoms with Crippen molar-refractivity contribution in [1.29, 1.82) is 0 Å². The summed E-state index contributed by atoms with van der Waals surface area (Å²) in [7, 11) is 0. The largest absolute Gasteiger partial charge is 0.329 e. The van der Waals surface area contributed by atoms with Gasteiger partial charge in [-0.25, -0.2) is 0 Å². The highest BCUT2D eigenvalue weighted by Gasteiger charge is 2.39. The fraction of sp³-hybridized carbons (Fsp3) is 0.0244.